The average molecular weight is 374 g/mol. The molecule has 0 bridgehead atoms. The van der Waals surface area contributed by atoms with Crippen LogP contribution in [0.4, 0.5) is 0 Å². The molecule has 0 saturated heterocycles. The molecule has 2 heterocycles. The van der Waals surface area contributed by atoms with Crippen molar-refractivity contribution in [2.45, 2.75) is 5.16 Å². The number of hydrogen-bond donors (Lipinski definition) is 2. The van der Waals surface area contributed by atoms with E-state index in [1.54, 1.807) is 22.8 Å². The predicted octanol–water partition coefficient (Wildman–Crippen LogP) is 4.34. The maximum absolute atomic E-state index is 10.5. The normalized spacial score (nSPS) is 11.2. The Balaban J connectivity index is 2.02. The number of halogens is 1. The van der Waals surface area contributed by atoms with Crippen LogP contribution in [-0.2, 0) is 0 Å². The summed E-state index contributed by atoms with van der Waals surface area (Å²) in [6.07, 6.45) is 1.53. The molecule has 4 rings (SSSR count). The summed E-state index contributed by atoms with van der Waals surface area (Å²) in [7, 11) is 1.52. The molecule has 0 amide bonds. The third kappa shape index (κ3) is 2.52. The number of ether oxygens (including phenoxy) is 1. The van der Waals surface area contributed by atoms with Crippen LogP contribution in [0.2, 0.25) is 5.02 Å². The number of methoxy groups -OCH3 is 1. The quantitative estimate of drug-likeness (QED) is 0.523. The standard InChI is InChI=1S/C17H12ClN3O3S/c1-23-15-11-6-7-24-13(11)8-12(22)14(15)16-19-20-17(25)21(16)10-4-2-9(18)3-5-10/h2-8,22H,1H3,(H,20,25). The Bertz CT molecular complexity index is 1070. The number of nitrogens with zero attached hydrogens (tertiary/aromatic N) is 3. The van der Waals surface area contributed by atoms with Gasteiger partial charge in [-0.1, -0.05) is 11.6 Å². The maximum Gasteiger partial charge on any atom is 0.193 e. The Morgan fingerprint density at radius 1 is 1.20 bits per heavy atom. The van der Waals surface area contributed by atoms with E-state index < -0.39 is 0 Å². The van der Waals surface area contributed by atoms with E-state index in [9.17, 15) is 5.11 Å². The Labute approximate surface area is 153 Å². The molecule has 0 aliphatic carbocycles. The lowest BCUT2D eigenvalue weighted by molar-refractivity contribution is 0.414. The van der Waals surface area contributed by atoms with Gasteiger partial charge in [0, 0.05) is 16.8 Å². The van der Waals surface area contributed by atoms with Gasteiger partial charge in [-0.05, 0) is 30.3 Å². The van der Waals surface area contributed by atoms with Gasteiger partial charge in [-0.25, -0.2) is 0 Å². The fraction of sp³-hybridized carbons (Fsp3) is 0.0588. The van der Waals surface area contributed by atoms with E-state index in [1.165, 1.54) is 19.4 Å². The van der Waals surface area contributed by atoms with Gasteiger partial charge in [-0.3, -0.25) is 4.57 Å². The summed E-state index contributed by atoms with van der Waals surface area (Å²) in [6.45, 7) is 0. The number of benzene rings is 2. The van der Waals surface area contributed by atoms with Crippen molar-refractivity contribution in [3.05, 3.63) is 47.7 Å². The zero-order valence-electron chi connectivity index (χ0n) is 13.0. The third-order valence-corrected chi connectivity index (χ3v) is 4.39. The molecule has 8 heteroatoms. The van der Waals surface area contributed by atoms with Crippen LogP contribution in [0.1, 0.15) is 0 Å². The lowest BCUT2D eigenvalue weighted by Crippen LogP contribution is -2.00. The summed E-state index contributed by atoms with van der Waals surface area (Å²) < 4.78 is 12.6. The highest BCUT2D eigenvalue weighted by molar-refractivity contribution is 7.80. The fourth-order valence-corrected chi connectivity index (χ4v) is 3.14. The minimum Gasteiger partial charge on any atom is -0.507 e. The molecule has 0 aliphatic heterocycles. The maximum atomic E-state index is 10.5. The van der Waals surface area contributed by atoms with E-state index in [-0.39, 0.29) is 5.75 Å². The molecule has 0 saturated carbocycles. The van der Waals surface area contributed by atoms with Crippen LogP contribution in [0.15, 0.2) is 52.2 Å². The Kier molecular flexibility index (Phi) is 3.82. The van der Waals surface area contributed by atoms with E-state index in [2.05, 4.69) is 22.8 Å². The van der Waals surface area contributed by atoms with Crippen LogP contribution in [0, 0.1) is 0 Å². The molecular weight excluding hydrogens is 362 g/mol. The van der Waals surface area contributed by atoms with Gasteiger partial charge in [0.15, 0.2) is 11.0 Å². The van der Waals surface area contributed by atoms with Crippen molar-refractivity contribution in [3.8, 4) is 28.6 Å². The van der Waals surface area contributed by atoms with Crippen LogP contribution >= 0.6 is 24.2 Å². The smallest absolute Gasteiger partial charge is 0.193 e. The van der Waals surface area contributed by atoms with E-state index in [4.69, 9.17) is 20.8 Å². The summed E-state index contributed by atoms with van der Waals surface area (Å²) in [5, 5.41) is 20.5. The summed E-state index contributed by atoms with van der Waals surface area (Å²) >= 11 is 10.3. The number of fused-ring (bicyclic) bond motifs is 1. The number of aromatic nitrogens is 3. The van der Waals surface area contributed by atoms with Crippen molar-refractivity contribution >= 4 is 35.2 Å². The van der Waals surface area contributed by atoms with E-state index in [0.717, 1.165) is 11.1 Å². The second-order valence-electron chi connectivity index (χ2n) is 5.27. The van der Waals surface area contributed by atoms with Crippen molar-refractivity contribution < 1.29 is 14.3 Å². The van der Waals surface area contributed by atoms with Gasteiger partial charge in [0.05, 0.1) is 18.8 Å². The fourth-order valence-electron chi connectivity index (χ4n) is 2.76. The first-order valence-corrected chi connectivity index (χ1v) is 8.10. The third-order valence-electron chi connectivity index (χ3n) is 3.85. The Morgan fingerprint density at radius 3 is 2.68 bits per heavy atom. The zero-order valence-corrected chi connectivity index (χ0v) is 14.6. The summed E-state index contributed by atoms with van der Waals surface area (Å²) in [4.78, 5) is 0. The minimum absolute atomic E-state index is 0.0322. The van der Waals surface area contributed by atoms with Crippen molar-refractivity contribution in [1.82, 2.24) is 14.8 Å². The van der Waals surface area contributed by atoms with Gasteiger partial charge in [-0.15, -0.1) is 22.8 Å². The molecule has 0 unspecified atom stereocenters. The largest absolute Gasteiger partial charge is 0.507 e. The first-order valence-electron chi connectivity index (χ1n) is 7.28. The molecule has 6 nitrogen and oxygen atoms in total. The lowest BCUT2D eigenvalue weighted by Gasteiger charge is -2.13. The van der Waals surface area contributed by atoms with Crippen molar-refractivity contribution in [1.29, 1.82) is 0 Å². The first kappa shape index (κ1) is 15.9. The number of rotatable bonds is 3. The summed E-state index contributed by atoms with van der Waals surface area (Å²) in [6, 6.07) is 10.4. The highest BCUT2D eigenvalue weighted by Gasteiger charge is 2.24. The molecule has 2 aromatic heterocycles. The SMILES string of the molecule is COc1c(-c2nnc(S)n2-c2ccc(Cl)cc2)c(O)cc2occc12. The van der Waals surface area contributed by atoms with Crippen LogP contribution in [-0.4, -0.2) is 27.0 Å². The molecule has 126 valence electrons. The molecule has 4 aromatic rings. The second-order valence-corrected chi connectivity index (χ2v) is 6.11. The molecule has 0 aliphatic rings. The van der Waals surface area contributed by atoms with E-state index >= 15 is 0 Å². The minimum atomic E-state index is -0.0322. The van der Waals surface area contributed by atoms with E-state index in [1.807, 2.05) is 12.1 Å². The predicted molar refractivity (Wildman–Crippen MR) is 97.0 cm³/mol. The molecular formula is C17H12ClN3O3S. The molecule has 2 aromatic carbocycles. The lowest BCUT2D eigenvalue weighted by atomic mass is 10.1. The molecule has 0 radical (unpaired) electrons. The van der Waals surface area contributed by atoms with Crippen LogP contribution in [0.5, 0.6) is 11.5 Å². The molecule has 0 spiro atoms. The van der Waals surface area contributed by atoms with Gasteiger partial charge in [0.2, 0.25) is 0 Å². The summed E-state index contributed by atoms with van der Waals surface area (Å²) in [5.74, 6) is 0.805. The highest BCUT2D eigenvalue weighted by atomic mass is 35.5. The Morgan fingerprint density at radius 2 is 1.96 bits per heavy atom. The van der Waals surface area contributed by atoms with Crippen molar-refractivity contribution in [2.24, 2.45) is 0 Å². The number of hydrogen-bond acceptors (Lipinski definition) is 6. The van der Waals surface area contributed by atoms with Gasteiger partial charge < -0.3 is 14.3 Å². The van der Waals surface area contributed by atoms with Crippen LogP contribution in [0.3, 0.4) is 0 Å². The zero-order chi connectivity index (χ0) is 17.6. The van der Waals surface area contributed by atoms with Crippen LogP contribution < -0.4 is 4.74 Å². The number of phenols is 1. The first-order chi connectivity index (χ1) is 12.1. The highest BCUT2D eigenvalue weighted by Crippen LogP contribution is 2.44. The van der Waals surface area contributed by atoms with Gasteiger partial charge >= 0.3 is 0 Å². The topological polar surface area (TPSA) is 73.3 Å². The van der Waals surface area contributed by atoms with Crippen LogP contribution in [0.25, 0.3) is 28.0 Å². The van der Waals surface area contributed by atoms with Gasteiger partial charge in [-0.2, -0.15) is 0 Å². The number of aromatic hydroxyl groups is 1. The number of phenolic OH excluding ortho intramolecular Hbond substituents is 1. The Hall–Kier alpha value is -2.64. The number of thiol groups is 1. The van der Waals surface area contributed by atoms with Crippen molar-refractivity contribution in [2.75, 3.05) is 7.11 Å². The van der Waals surface area contributed by atoms with Gasteiger partial charge in [0.1, 0.15) is 22.6 Å². The van der Waals surface area contributed by atoms with E-state index in [0.29, 0.717) is 32.9 Å². The average Bonchev–Trinajstić information content (AvgIpc) is 3.21. The number of furan rings is 1. The molecule has 25 heavy (non-hydrogen) atoms. The molecule has 0 fully saturated rings. The van der Waals surface area contributed by atoms with Crippen molar-refractivity contribution in [3.63, 3.8) is 0 Å². The molecule has 0 atom stereocenters. The summed E-state index contributed by atoms with van der Waals surface area (Å²) in [5.41, 5.74) is 1.67. The molecule has 1 N–H and O–H groups in total. The monoisotopic (exact) mass is 373 g/mol. The second kappa shape index (κ2) is 6.02. The van der Waals surface area contributed by atoms with Gasteiger partial charge in [0.25, 0.3) is 0 Å².